The average molecular weight is 616 g/mol. The SMILES string of the molecule is C[C@H]1O[C@H](OP(=O)(O)OP(=O)(O)OC[C@H]2O[C@@H](n3cnc4c(=O)[nH]c(N)nc43)[C@H](O)[C@@H]2O)[C@@H](O)[C@@H](O)[C@@H]1NC=O. The number of nitrogens with zero attached hydrogens (tertiary/aromatic N) is 3. The Morgan fingerprint density at radius 2 is 1.85 bits per heavy atom. The normalized spacial score (nSPS) is 35.7. The fraction of sp³-hybridized carbons (Fsp3) is 0.647. The van der Waals surface area contributed by atoms with Gasteiger partial charge in [0.2, 0.25) is 12.4 Å². The van der Waals surface area contributed by atoms with Gasteiger partial charge >= 0.3 is 15.6 Å². The number of aromatic amines is 1. The van der Waals surface area contributed by atoms with E-state index in [4.69, 9.17) is 15.2 Å². The topological polar surface area (TPSA) is 320 Å². The molecule has 0 bridgehead atoms. The number of aliphatic hydroxyl groups excluding tert-OH is 4. The van der Waals surface area contributed by atoms with Crippen molar-refractivity contribution in [2.24, 2.45) is 0 Å². The predicted octanol–water partition coefficient (Wildman–Crippen LogP) is -3.85. The molecule has 10 N–H and O–H groups in total. The Balaban J connectivity index is 1.38. The zero-order valence-corrected chi connectivity index (χ0v) is 22.0. The number of carbonyl (C=O) groups excluding carboxylic acids is 1. The summed E-state index contributed by atoms with van der Waals surface area (Å²) in [6.45, 7) is 0.364. The molecule has 2 aliphatic rings. The minimum atomic E-state index is -5.53. The lowest BCUT2D eigenvalue weighted by atomic mass is 9.97. The Kier molecular flexibility index (Phi) is 8.79. The number of fused-ring (bicyclic) bond motifs is 1. The smallest absolute Gasteiger partial charge is 0.388 e. The van der Waals surface area contributed by atoms with Crippen LogP contribution < -0.4 is 16.6 Å². The van der Waals surface area contributed by atoms with E-state index in [9.17, 15) is 48.9 Å². The van der Waals surface area contributed by atoms with E-state index in [0.717, 1.165) is 10.9 Å². The quantitative estimate of drug-likeness (QED) is 0.0911. The minimum Gasteiger partial charge on any atom is -0.388 e. The Labute approximate surface area is 222 Å². The fourth-order valence-corrected chi connectivity index (χ4v) is 6.28. The number of imidazole rings is 1. The minimum absolute atomic E-state index is 0.103. The molecule has 2 unspecified atom stereocenters. The first-order valence-corrected chi connectivity index (χ1v) is 14.3. The van der Waals surface area contributed by atoms with Gasteiger partial charge in [-0.2, -0.15) is 9.29 Å². The van der Waals surface area contributed by atoms with Crippen LogP contribution in [0.1, 0.15) is 13.2 Å². The van der Waals surface area contributed by atoms with Gasteiger partial charge < -0.3 is 50.7 Å². The van der Waals surface area contributed by atoms with Gasteiger partial charge in [0.15, 0.2) is 23.7 Å². The number of amides is 1. The van der Waals surface area contributed by atoms with Crippen LogP contribution in [0, 0.1) is 0 Å². The van der Waals surface area contributed by atoms with Gasteiger partial charge in [-0.15, -0.1) is 0 Å². The summed E-state index contributed by atoms with van der Waals surface area (Å²) in [6.07, 6.45) is -11.8. The Morgan fingerprint density at radius 3 is 2.52 bits per heavy atom. The van der Waals surface area contributed by atoms with Crippen molar-refractivity contribution in [3.63, 3.8) is 0 Å². The summed E-state index contributed by atoms with van der Waals surface area (Å²) in [5.74, 6) is -0.270. The van der Waals surface area contributed by atoms with E-state index in [1.807, 2.05) is 0 Å². The van der Waals surface area contributed by atoms with Gasteiger partial charge in [0.25, 0.3) is 5.56 Å². The van der Waals surface area contributed by atoms with E-state index in [2.05, 4.69) is 33.6 Å². The number of ether oxygens (including phenoxy) is 2. The molecule has 2 saturated heterocycles. The van der Waals surface area contributed by atoms with Crippen LogP contribution in [0.5, 0.6) is 0 Å². The Bertz CT molecular complexity index is 1390. The molecule has 2 aromatic rings. The summed E-state index contributed by atoms with van der Waals surface area (Å²) >= 11 is 0. The van der Waals surface area contributed by atoms with Crippen LogP contribution in [0.15, 0.2) is 11.1 Å². The summed E-state index contributed by atoms with van der Waals surface area (Å²) in [4.78, 5) is 52.5. The molecular weight excluding hydrogens is 590 g/mol. The molecule has 1 amide bonds. The maximum absolute atomic E-state index is 12.3. The highest BCUT2D eigenvalue weighted by Crippen LogP contribution is 2.61. The zero-order chi connectivity index (χ0) is 29.6. The van der Waals surface area contributed by atoms with Crippen molar-refractivity contribution in [2.75, 3.05) is 12.3 Å². The second-order valence-corrected chi connectivity index (χ2v) is 11.7. The van der Waals surface area contributed by atoms with Gasteiger partial charge in [0, 0.05) is 0 Å². The van der Waals surface area contributed by atoms with E-state index in [0.29, 0.717) is 0 Å². The van der Waals surface area contributed by atoms with Gasteiger partial charge in [-0.1, -0.05) is 0 Å². The van der Waals surface area contributed by atoms with Gasteiger partial charge in [-0.25, -0.2) is 14.1 Å². The molecule has 11 atom stereocenters. The molecular formula is C17H26N6O15P2. The molecule has 2 fully saturated rings. The molecule has 0 spiro atoms. The van der Waals surface area contributed by atoms with Crippen LogP contribution in [0.2, 0.25) is 0 Å². The summed E-state index contributed by atoms with van der Waals surface area (Å²) in [5, 5.41) is 43.2. The lowest BCUT2D eigenvalue weighted by Crippen LogP contribution is -2.61. The largest absolute Gasteiger partial charge is 0.483 e. The monoisotopic (exact) mass is 616 g/mol. The number of rotatable bonds is 10. The lowest BCUT2D eigenvalue weighted by molar-refractivity contribution is -0.245. The number of nitrogens with two attached hydrogens (primary N) is 1. The number of aliphatic hydroxyl groups is 4. The molecule has 2 aliphatic heterocycles. The van der Waals surface area contributed by atoms with E-state index >= 15 is 0 Å². The van der Waals surface area contributed by atoms with Gasteiger partial charge in [0.05, 0.1) is 25.1 Å². The number of H-pyrrole nitrogens is 1. The van der Waals surface area contributed by atoms with Crippen LogP contribution in [0.25, 0.3) is 11.2 Å². The summed E-state index contributed by atoms with van der Waals surface area (Å²) in [5.41, 5.74) is 4.58. The molecule has 2 aromatic heterocycles. The number of nitrogens with one attached hydrogen (secondary N) is 2. The Hall–Kier alpha value is -2.36. The average Bonchev–Trinajstić information content (AvgIpc) is 3.39. The van der Waals surface area contributed by atoms with Crippen LogP contribution in [0.4, 0.5) is 5.95 Å². The van der Waals surface area contributed by atoms with Crippen LogP contribution in [-0.2, 0) is 36.8 Å². The van der Waals surface area contributed by atoms with Gasteiger partial charge in [0.1, 0.15) is 30.5 Å². The first-order chi connectivity index (χ1) is 18.6. The number of aromatic nitrogens is 4. The number of phosphoric acid groups is 2. The summed E-state index contributed by atoms with van der Waals surface area (Å²) < 4.78 is 49.8. The van der Waals surface area contributed by atoms with Crippen LogP contribution in [0.3, 0.4) is 0 Å². The predicted molar refractivity (Wildman–Crippen MR) is 126 cm³/mol. The number of phosphoric ester groups is 2. The summed E-state index contributed by atoms with van der Waals surface area (Å²) in [7, 11) is -11.0. The maximum Gasteiger partial charge on any atom is 0.483 e. The van der Waals surface area contributed by atoms with E-state index in [-0.39, 0.29) is 23.5 Å². The van der Waals surface area contributed by atoms with Crippen molar-refractivity contribution in [3.8, 4) is 0 Å². The number of anilines is 1. The van der Waals surface area contributed by atoms with Crippen molar-refractivity contribution in [3.05, 3.63) is 16.7 Å². The molecule has 4 rings (SSSR count). The Morgan fingerprint density at radius 1 is 1.15 bits per heavy atom. The van der Waals surface area contributed by atoms with Crippen molar-refractivity contribution in [2.45, 2.75) is 62.1 Å². The number of carbonyl (C=O) groups is 1. The molecule has 0 aliphatic carbocycles. The second kappa shape index (κ2) is 11.5. The van der Waals surface area contributed by atoms with Gasteiger partial charge in [-0.3, -0.25) is 28.2 Å². The van der Waals surface area contributed by atoms with E-state index in [1.165, 1.54) is 6.92 Å². The van der Waals surface area contributed by atoms with E-state index < -0.39 is 83.0 Å². The summed E-state index contributed by atoms with van der Waals surface area (Å²) in [6, 6.07) is -1.11. The highest BCUT2D eigenvalue weighted by atomic mass is 31.3. The third-order valence-electron chi connectivity index (χ3n) is 6.02. The molecule has 224 valence electrons. The van der Waals surface area contributed by atoms with E-state index in [1.54, 1.807) is 0 Å². The first-order valence-electron chi connectivity index (χ1n) is 11.3. The maximum atomic E-state index is 12.3. The van der Waals surface area contributed by atoms with Gasteiger partial charge in [-0.05, 0) is 6.92 Å². The van der Waals surface area contributed by atoms with Crippen molar-refractivity contribution in [1.82, 2.24) is 24.8 Å². The van der Waals surface area contributed by atoms with Crippen molar-refractivity contribution in [1.29, 1.82) is 0 Å². The number of hydrogen-bond acceptors (Lipinski definition) is 16. The molecule has 0 aromatic carbocycles. The van der Waals surface area contributed by atoms with Crippen LogP contribution in [-0.4, -0.2) is 112 Å². The third kappa shape index (κ3) is 6.26. The molecule has 0 saturated carbocycles. The first kappa shape index (κ1) is 30.6. The molecule has 0 radical (unpaired) electrons. The fourth-order valence-electron chi connectivity index (χ4n) is 4.13. The second-order valence-electron chi connectivity index (χ2n) is 8.74. The standard InChI is InChI=1S/C17H26N6O15P2/c1-5-7(20-4-24)10(26)12(28)16(35-5)37-40(32,33)38-39(30,31)34-2-6-9(25)11(27)15(36-6)23-3-19-8-13(23)21-17(18)22-14(8)29/h3-7,9-12,15-16,25-28H,2H2,1H3,(H,20,24)(H,30,31)(H,32,33)(H3,18,21,22,29)/t5-,6-,7-,9-,10+,11-,12+,15-,16-/m1/s1. The zero-order valence-electron chi connectivity index (χ0n) is 20.2. The van der Waals surface area contributed by atoms with Crippen LogP contribution >= 0.6 is 15.6 Å². The van der Waals surface area contributed by atoms with Crippen molar-refractivity contribution < 1.29 is 67.0 Å². The highest BCUT2D eigenvalue weighted by Gasteiger charge is 2.49. The molecule has 4 heterocycles. The lowest BCUT2D eigenvalue weighted by Gasteiger charge is -2.41. The highest BCUT2D eigenvalue weighted by molar-refractivity contribution is 7.61. The number of nitrogen functional groups attached to an aromatic ring is 1. The molecule has 40 heavy (non-hydrogen) atoms. The third-order valence-corrected chi connectivity index (χ3v) is 8.62. The molecule has 21 nitrogen and oxygen atoms in total. The molecule has 23 heteroatoms. The van der Waals surface area contributed by atoms with Crippen molar-refractivity contribution >= 4 is 39.2 Å². The number of hydrogen-bond donors (Lipinski definition) is 9.